The number of halogens is 1. The van der Waals surface area contributed by atoms with Gasteiger partial charge in [0.15, 0.2) is 0 Å². The Kier molecular flexibility index (Phi) is 5.04. The van der Waals surface area contributed by atoms with Gasteiger partial charge in [0.05, 0.1) is 18.0 Å². The highest BCUT2D eigenvalue weighted by atomic mass is 35.5. The van der Waals surface area contributed by atoms with Crippen LogP contribution in [0.25, 0.3) is 0 Å². The molecular formula is C10H14ClNO4S. The van der Waals surface area contributed by atoms with E-state index in [2.05, 4.69) is 4.72 Å². The van der Waals surface area contributed by atoms with Gasteiger partial charge in [-0.2, -0.15) is 0 Å². The van der Waals surface area contributed by atoms with Gasteiger partial charge in [0.1, 0.15) is 5.75 Å². The van der Waals surface area contributed by atoms with Gasteiger partial charge >= 0.3 is 0 Å². The molecule has 5 nitrogen and oxygen atoms in total. The van der Waals surface area contributed by atoms with Crippen molar-refractivity contribution in [1.82, 2.24) is 0 Å². The van der Waals surface area contributed by atoms with Crippen LogP contribution < -0.4 is 4.72 Å². The Morgan fingerprint density at radius 3 is 2.82 bits per heavy atom. The SMILES string of the molecule is CCOCCS(=O)(=O)Nc1cc(Cl)ccc1O. The Morgan fingerprint density at radius 2 is 2.18 bits per heavy atom. The first-order chi connectivity index (χ1) is 7.94. The Morgan fingerprint density at radius 1 is 1.47 bits per heavy atom. The number of aromatic hydroxyl groups is 1. The van der Waals surface area contributed by atoms with Crippen LogP contribution >= 0.6 is 11.6 Å². The molecule has 0 aromatic heterocycles. The van der Waals surface area contributed by atoms with Crippen LogP contribution in [-0.2, 0) is 14.8 Å². The molecule has 0 unspecified atom stereocenters. The molecule has 0 fully saturated rings. The standard InChI is InChI=1S/C10H14ClNO4S/c1-2-16-5-6-17(14,15)12-9-7-8(11)3-4-10(9)13/h3-4,7,12-13H,2,5-6H2,1H3. The van der Waals surface area contributed by atoms with Crippen LogP contribution in [0.5, 0.6) is 5.75 Å². The van der Waals surface area contributed by atoms with Gasteiger partial charge in [-0.1, -0.05) is 11.6 Å². The zero-order valence-electron chi connectivity index (χ0n) is 9.31. The van der Waals surface area contributed by atoms with Crippen molar-refractivity contribution in [2.75, 3.05) is 23.7 Å². The fourth-order valence-electron chi connectivity index (χ4n) is 1.12. The number of benzene rings is 1. The second kappa shape index (κ2) is 6.09. The average Bonchev–Trinajstić information content (AvgIpc) is 2.23. The first-order valence-electron chi connectivity index (χ1n) is 5.01. The van der Waals surface area contributed by atoms with Gasteiger partial charge in [0, 0.05) is 11.6 Å². The van der Waals surface area contributed by atoms with Crippen molar-refractivity contribution in [1.29, 1.82) is 0 Å². The van der Waals surface area contributed by atoms with E-state index in [4.69, 9.17) is 16.3 Å². The molecule has 0 atom stereocenters. The normalized spacial score (nSPS) is 11.4. The number of hydrogen-bond acceptors (Lipinski definition) is 4. The van der Waals surface area contributed by atoms with Gasteiger partial charge in [-0.05, 0) is 25.1 Å². The lowest BCUT2D eigenvalue weighted by Gasteiger charge is -2.09. The minimum atomic E-state index is -3.54. The Bertz CT molecular complexity index is 475. The summed E-state index contributed by atoms with van der Waals surface area (Å²) >= 11 is 5.70. The number of rotatable bonds is 6. The minimum absolute atomic E-state index is 0.0639. The lowest BCUT2D eigenvalue weighted by Crippen LogP contribution is -2.20. The van der Waals surface area contributed by atoms with Crippen molar-refractivity contribution in [2.24, 2.45) is 0 Å². The smallest absolute Gasteiger partial charge is 0.235 e. The summed E-state index contributed by atoms with van der Waals surface area (Å²) in [5, 5.41) is 9.79. The van der Waals surface area contributed by atoms with E-state index in [1.54, 1.807) is 6.92 Å². The van der Waals surface area contributed by atoms with Crippen molar-refractivity contribution in [3.05, 3.63) is 23.2 Å². The highest BCUT2D eigenvalue weighted by Crippen LogP contribution is 2.27. The topological polar surface area (TPSA) is 75.6 Å². The third-order valence-corrected chi connectivity index (χ3v) is 3.39. The second-order valence-corrected chi connectivity index (χ2v) is 5.56. The molecule has 0 saturated carbocycles. The van der Waals surface area contributed by atoms with E-state index in [1.807, 2.05) is 0 Å². The third kappa shape index (κ3) is 4.80. The molecular weight excluding hydrogens is 266 g/mol. The van der Waals surface area contributed by atoms with E-state index < -0.39 is 10.0 Å². The predicted octanol–water partition coefficient (Wildman–Crippen LogP) is 1.82. The highest BCUT2D eigenvalue weighted by molar-refractivity contribution is 7.92. The summed E-state index contributed by atoms with van der Waals surface area (Å²) in [6.07, 6.45) is 0. The summed E-state index contributed by atoms with van der Waals surface area (Å²) in [7, 11) is -3.54. The Labute approximate surface area is 105 Å². The zero-order valence-corrected chi connectivity index (χ0v) is 10.9. The number of sulfonamides is 1. The maximum atomic E-state index is 11.6. The molecule has 0 saturated heterocycles. The van der Waals surface area contributed by atoms with Crippen LogP contribution in [0.4, 0.5) is 5.69 Å². The van der Waals surface area contributed by atoms with Crippen molar-refractivity contribution in [2.45, 2.75) is 6.92 Å². The summed E-state index contributed by atoms with van der Waals surface area (Å²) in [6.45, 7) is 2.34. The number of phenolic OH excluding ortho intramolecular Hbond substituents is 1. The molecule has 1 aromatic rings. The van der Waals surface area contributed by atoms with Crippen molar-refractivity contribution < 1.29 is 18.3 Å². The summed E-state index contributed by atoms with van der Waals surface area (Å²) in [5.41, 5.74) is 0.0639. The van der Waals surface area contributed by atoms with Crippen molar-refractivity contribution in [3.8, 4) is 5.75 Å². The maximum Gasteiger partial charge on any atom is 0.235 e. The molecule has 1 aromatic carbocycles. The first kappa shape index (κ1) is 14.1. The molecule has 0 radical (unpaired) electrons. The Balaban J connectivity index is 2.72. The predicted molar refractivity (Wildman–Crippen MR) is 67.0 cm³/mol. The molecule has 0 amide bonds. The van der Waals surface area contributed by atoms with E-state index in [9.17, 15) is 13.5 Å². The molecule has 0 aliphatic rings. The zero-order chi connectivity index (χ0) is 12.9. The number of hydrogen-bond donors (Lipinski definition) is 2. The van der Waals surface area contributed by atoms with Crippen LogP contribution in [0.1, 0.15) is 6.92 Å². The summed E-state index contributed by atoms with van der Waals surface area (Å²) in [4.78, 5) is 0. The van der Waals surface area contributed by atoms with E-state index in [0.717, 1.165) is 0 Å². The lowest BCUT2D eigenvalue weighted by molar-refractivity contribution is 0.163. The molecule has 17 heavy (non-hydrogen) atoms. The maximum absolute atomic E-state index is 11.6. The van der Waals surface area contributed by atoms with E-state index in [1.165, 1.54) is 18.2 Å². The molecule has 0 spiro atoms. The molecule has 0 heterocycles. The molecule has 1 rings (SSSR count). The molecule has 0 aliphatic heterocycles. The quantitative estimate of drug-likeness (QED) is 0.615. The average molecular weight is 280 g/mol. The fraction of sp³-hybridized carbons (Fsp3) is 0.400. The van der Waals surface area contributed by atoms with Gasteiger partial charge in [0.25, 0.3) is 0 Å². The highest BCUT2D eigenvalue weighted by Gasteiger charge is 2.13. The van der Waals surface area contributed by atoms with Crippen LogP contribution in [0.15, 0.2) is 18.2 Å². The van der Waals surface area contributed by atoms with Gasteiger partial charge in [-0.15, -0.1) is 0 Å². The van der Waals surface area contributed by atoms with Crippen LogP contribution in [0.2, 0.25) is 5.02 Å². The van der Waals surface area contributed by atoms with E-state index >= 15 is 0 Å². The number of nitrogens with one attached hydrogen (secondary N) is 1. The van der Waals surface area contributed by atoms with Crippen molar-refractivity contribution in [3.63, 3.8) is 0 Å². The monoisotopic (exact) mass is 279 g/mol. The second-order valence-electron chi connectivity index (χ2n) is 3.28. The van der Waals surface area contributed by atoms with Crippen LogP contribution in [0, 0.1) is 0 Å². The van der Waals surface area contributed by atoms with Gasteiger partial charge in [0.2, 0.25) is 10.0 Å². The summed E-state index contributed by atoms with van der Waals surface area (Å²) in [5.74, 6) is -0.346. The largest absolute Gasteiger partial charge is 0.506 e. The number of phenols is 1. The lowest BCUT2D eigenvalue weighted by atomic mass is 10.3. The number of anilines is 1. The Hall–Kier alpha value is -0.980. The van der Waals surface area contributed by atoms with Gasteiger partial charge in [-0.3, -0.25) is 4.72 Å². The molecule has 0 bridgehead atoms. The van der Waals surface area contributed by atoms with Crippen LogP contribution in [-0.4, -0.2) is 32.5 Å². The minimum Gasteiger partial charge on any atom is -0.506 e. The van der Waals surface area contributed by atoms with Gasteiger partial charge in [-0.25, -0.2) is 8.42 Å². The number of ether oxygens (including phenoxy) is 1. The molecule has 7 heteroatoms. The third-order valence-electron chi connectivity index (χ3n) is 1.92. The van der Waals surface area contributed by atoms with E-state index in [-0.39, 0.29) is 23.8 Å². The summed E-state index contributed by atoms with van der Waals surface area (Å²) in [6, 6.07) is 4.13. The molecule has 2 N–H and O–H groups in total. The fourth-order valence-corrected chi connectivity index (χ4v) is 2.23. The summed E-state index contributed by atoms with van der Waals surface area (Å²) < 4.78 is 30.4. The van der Waals surface area contributed by atoms with E-state index in [0.29, 0.717) is 11.6 Å². The molecule has 0 aliphatic carbocycles. The first-order valence-corrected chi connectivity index (χ1v) is 7.04. The van der Waals surface area contributed by atoms with Crippen LogP contribution in [0.3, 0.4) is 0 Å². The van der Waals surface area contributed by atoms with Crippen molar-refractivity contribution >= 4 is 27.3 Å². The molecule has 96 valence electrons. The van der Waals surface area contributed by atoms with Gasteiger partial charge < -0.3 is 9.84 Å².